The molecule has 3 aromatic carbocycles. The van der Waals surface area contributed by atoms with Crippen LogP contribution < -0.4 is 14.5 Å². The minimum Gasteiger partial charge on any atom is -0.469 e. The fraction of sp³-hybridized carbons (Fsp3) is 0.310. The predicted octanol–water partition coefficient (Wildman–Crippen LogP) is 2.95. The Morgan fingerprint density at radius 1 is 0.905 bits per heavy atom. The molecule has 1 N–H and O–H groups in total. The van der Waals surface area contributed by atoms with E-state index in [0.717, 1.165) is 21.8 Å². The molecule has 1 aliphatic heterocycles. The zero-order valence-corrected chi connectivity index (χ0v) is 25.3. The second kappa shape index (κ2) is 12.9. The summed E-state index contributed by atoms with van der Waals surface area (Å²) in [6, 6.07) is 20.1. The lowest BCUT2D eigenvalue weighted by atomic mass is 10.1. The summed E-state index contributed by atoms with van der Waals surface area (Å²) < 4.78 is 57.9. The highest BCUT2D eigenvalue weighted by molar-refractivity contribution is 7.92. The second-order valence-electron chi connectivity index (χ2n) is 9.86. The molecule has 1 saturated heterocycles. The van der Waals surface area contributed by atoms with Gasteiger partial charge in [-0.15, -0.1) is 0 Å². The van der Waals surface area contributed by atoms with Crippen molar-refractivity contribution in [1.82, 2.24) is 4.31 Å². The van der Waals surface area contributed by atoms with Crippen LogP contribution in [-0.4, -0.2) is 79.6 Å². The standard InChI is InChI=1S/C29H34N4O7S2/c1-31(41(3,36)37)27-10-5-4-9-26(27)29(35)30-23-12-14-25(15-13-23)42(38,39)33-19-17-32(18-20-33)24-8-6-7-22(21-24)11-16-28(34)40-2/h4-10,12-15,21H,11,16-20H2,1-3H3,(H,30,35). The van der Waals surface area contributed by atoms with E-state index in [1.165, 1.54) is 54.9 Å². The number of benzene rings is 3. The number of hydrogen-bond donors (Lipinski definition) is 1. The van der Waals surface area contributed by atoms with Gasteiger partial charge in [-0.25, -0.2) is 16.8 Å². The van der Waals surface area contributed by atoms with Gasteiger partial charge in [0.15, 0.2) is 0 Å². The van der Waals surface area contributed by atoms with Gasteiger partial charge in [-0.05, 0) is 60.5 Å². The number of carbonyl (C=O) groups excluding carboxylic acids is 2. The highest BCUT2D eigenvalue weighted by Gasteiger charge is 2.29. The quantitative estimate of drug-likeness (QED) is 0.345. The SMILES string of the molecule is COC(=O)CCc1cccc(N2CCN(S(=O)(=O)c3ccc(NC(=O)c4ccccc4N(C)S(C)(=O)=O)cc3)CC2)c1. The van der Waals surface area contributed by atoms with E-state index in [1.54, 1.807) is 12.1 Å². The fourth-order valence-electron chi connectivity index (χ4n) is 4.62. The Morgan fingerprint density at radius 2 is 1.57 bits per heavy atom. The van der Waals surface area contributed by atoms with Gasteiger partial charge in [-0.2, -0.15) is 4.31 Å². The molecule has 4 rings (SSSR count). The Hall–Kier alpha value is -3.94. The molecule has 1 heterocycles. The number of carbonyl (C=O) groups is 2. The summed E-state index contributed by atoms with van der Waals surface area (Å²) >= 11 is 0. The summed E-state index contributed by atoms with van der Waals surface area (Å²) in [5.41, 5.74) is 2.73. The lowest BCUT2D eigenvalue weighted by Crippen LogP contribution is -2.48. The lowest BCUT2D eigenvalue weighted by Gasteiger charge is -2.35. The summed E-state index contributed by atoms with van der Waals surface area (Å²) in [5, 5.41) is 2.71. The zero-order valence-electron chi connectivity index (χ0n) is 23.7. The second-order valence-corrected chi connectivity index (χ2v) is 13.8. The van der Waals surface area contributed by atoms with E-state index in [1.807, 2.05) is 24.3 Å². The Balaban J connectivity index is 1.39. The first-order chi connectivity index (χ1) is 19.9. The Labute approximate surface area is 246 Å². The van der Waals surface area contributed by atoms with Crippen LogP contribution in [0.1, 0.15) is 22.3 Å². The minimum atomic E-state index is -3.76. The molecule has 0 radical (unpaired) electrons. The molecule has 0 bridgehead atoms. The number of para-hydroxylation sites is 1. The first kappa shape index (κ1) is 31.0. The van der Waals surface area contributed by atoms with Gasteiger partial charge in [0, 0.05) is 51.0 Å². The highest BCUT2D eigenvalue weighted by atomic mass is 32.2. The Bertz CT molecular complexity index is 1650. The molecule has 1 amide bonds. The van der Waals surface area contributed by atoms with E-state index in [0.29, 0.717) is 44.7 Å². The lowest BCUT2D eigenvalue weighted by molar-refractivity contribution is -0.140. The summed E-state index contributed by atoms with van der Waals surface area (Å²) in [5.74, 6) is -0.792. The largest absolute Gasteiger partial charge is 0.469 e. The number of anilines is 3. The van der Waals surface area contributed by atoms with Crippen molar-refractivity contribution in [2.45, 2.75) is 17.7 Å². The normalized spacial score (nSPS) is 14.3. The molecule has 0 aliphatic carbocycles. The number of sulfonamides is 2. The van der Waals surface area contributed by atoms with Crippen molar-refractivity contribution in [1.29, 1.82) is 0 Å². The Morgan fingerprint density at radius 3 is 2.21 bits per heavy atom. The topological polar surface area (TPSA) is 133 Å². The molecule has 0 atom stereocenters. The van der Waals surface area contributed by atoms with Crippen molar-refractivity contribution in [3.05, 3.63) is 83.9 Å². The smallest absolute Gasteiger partial charge is 0.305 e. The third-order valence-corrected chi connectivity index (χ3v) is 10.2. The van der Waals surface area contributed by atoms with Gasteiger partial charge in [0.1, 0.15) is 0 Å². The molecule has 3 aromatic rings. The van der Waals surface area contributed by atoms with Gasteiger partial charge >= 0.3 is 5.97 Å². The number of hydrogen-bond acceptors (Lipinski definition) is 8. The van der Waals surface area contributed by atoms with Crippen LogP contribution in [0, 0.1) is 0 Å². The number of methoxy groups -OCH3 is 1. The van der Waals surface area contributed by atoms with E-state index in [4.69, 9.17) is 4.74 Å². The van der Waals surface area contributed by atoms with Crippen molar-refractivity contribution in [2.24, 2.45) is 0 Å². The number of aryl methyl sites for hydroxylation is 1. The van der Waals surface area contributed by atoms with Gasteiger partial charge in [0.05, 0.1) is 29.5 Å². The van der Waals surface area contributed by atoms with Crippen LogP contribution in [0.5, 0.6) is 0 Å². The van der Waals surface area contributed by atoms with Gasteiger partial charge < -0.3 is 15.0 Å². The maximum atomic E-state index is 13.3. The van der Waals surface area contributed by atoms with Crippen molar-refractivity contribution >= 4 is 49.0 Å². The van der Waals surface area contributed by atoms with E-state index < -0.39 is 26.0 Å². The first-order valence-corrected chi connectivity index (χ1v) is 16.5. The number of amides is 1. The van der Waals surface area contributed by atoms with Crippen LogP contribution in [0.25, 0.3) is 0 Å². The summed E-state index contributed by atoms with van der Waals surface area (Å²) in [4.78, 5) is 26.7. The monoisotopic (exact) mass is 614 g/mol. The fourth-order valence-corrected chi connectivity index (χ4v) is 6.56. The molecular weight excluding hydrogens is 580 g/mol. The highest BCUT2D eigenvalue weighted by Crippen LogP contribution is 2.25. The molecule has 11 nitrogen and oxygen atoms in total. The van der Waals surface area contributed by atoms with Crippen molar-refractivity contribution in [2.75, 3.05) is 61.1 Å². The number of esters is 1. The predicted molar refractivity (Wildman–Crippen MR) is 162 cm³/mol. The molecule has 42 heavy (non-hydrogen) atoms. The summed E-state index contributed by atoms with van der Waals surface area (Å²) in [6.45, 7) is 1.63. The minimum absolute atomic E-state index is 0.107. The number of ether oxygens (including phenoxy) is 1. The number of piperazine rings is 1. The van der Waals surface area contributed by atoms with Crippen LogP contribution in [-0.2, 0) is 36.0 Å². The molecule has 0 unspecified atom stereocenters. The molecule has 1 aliphatic rings. The third-order valence-electron chi connectivity index (χ3n) is 7.10. The van der Waals surface area contributed by atoms with Crippen LogP contribution >= 0.6 is 0 Å². The Kier molecular flexibility index (Phi) is 9.54. The zero-order chi connectivity index (χ0) is 30.5. The molecule has 224 valence electrons. The van der Waals surface area contributed by atoms with Crippen LogP contribution in [0.2, 0.25) is 0 Å². The van der Waals surface area contributed by atoms with Crippen molar-refractivity contribution in [3.63, 3.8) is 0 Å². The average molecular weight is 615 g/mol. The molecule has 1 fully saturated rings. The maximum Gasteiger partial charge on any atom is 0.305 e. The molecule has 0 saturated carbocycles. The van der Waals surface area contributed by atoms with Gasteiger partial charge in [-0.1, -0.05) is 24.3 Å². The van der Waals surface area contributed by atoms with Crippen LogP contribution in [0.15, 0.2) is 77.7 Å². The van der Waals surface area contributed by atoms with E-state index >= 15 is 0 Å². The van der Waals surface area contributed by atoms with E-state index in [2.05, 4.69) is 10.2 Å². The maximum absolute atomic E-state index is 13.3. The van der Waals surface area contributed by atoms with Crippen molar-refractivity contribution < 1.29 is 31.2 Å². The summed E-state index contributed by atoms with van der Waals surface area (Å²) in [6.07, 6.45) is 1.91. The van der Waals surface area contributed by atoms with Crippen LogP contribution in [0.4, 0.5) is 17.1 Å². The number of nitrogens with one attached hydrogen (secondary N) is 1. The van der Waals surface area contributed by atoms with Gasteiger partial charge in [0.25, 0.3) is 5.91 Å². The van der Waals surface area contributed by atoms with Gasteiger partial charge in [0.2, 0.25) is 20.0 Å². The summed E-state index contributed by atoms with van der Waals surface area (Å²) in [7, 11) is -4.61. The number of rotatable bonds is 10. The van der Waals surface area contributed by atoms with Crippen molar-refractivity contribution in [3.8, 4) is 0 Å². The molecule has 0 aromatic heterocycles. The van der Waals surface area contributed by atoms with E-state index in [9.17, 15) is 26.4 Å². The first-order valence-electron chi connectivity index (χ1n) is 13.3. The van der Waals surface area contributed by atoms with Gasteiger partial charge in [-0.3, -0.25) is 13.9 Å². The number of nitrogens with zero attached hydrogens (tertiary/aromatic N) is 3. The van der Waals surface area contributed by atoms with E-state index in [-0.39, 0.29) is 22.1 Å². The average Bonchev–Trinajstić information content (AvgIpc) is 2.99. The molecule has 0 spiro atoms. The van der Waals surface area contributed by atoms with Crippen LogP contribution in [0.3, 0.4) is 0 Å². The molecular formula is C29H34N4O7S2. The molecule has 13 heteroatoms. The third kappa shape index (κ3) is 7.27.